The molecule has 0 aliphatic heterocycles. The van der Waals surface area contributed by atoms with Gasteiger partial charge >= 0.3 is 0 Å². The molecular formula is C21H22N8O4. The Bertz CT molecular complexity index is 1250. The maximum Gasteiger partial charge on any atom is 0.245 e. The van der Waals surface area contributed by atoms with Crippen molar-refractivity contribution in [2.24, 2.45) is 5.10 Å². The molecule has 0 amide bonds. The van der Waals surface area contributed by atoms with Crippen molar-refractivity contribution in [1.82, 2.24) is 20.3 Å². The summed E-state index contributed by atoms with van der Waals surface area (Å²) in [6.45, 7) is 2.02. The standard InChI is InChI=1S/C21H22N8O4/c1-12-5-7-14(8-6-12)25-27-19-18(23-20-21(24-19)29-33-28-20)26-22-11-13-9-15(30-2)17(32-4)16(10-13)31-3/h5-11,25H,1-4H3,(H,23,26,28)(H,24,27,29)/b22-11+. The van der Waals surface area contributed by atoms with Gasteiger partial charge in [0.2, 0.25) is 17.0 Å². The summed E-state index contributed by atoms with van der Waals surface area (Å²) >= 11 is 0. The van der Waals surface area contributed by atoms with Gasteiger partial charge in [0.05, 0.1) is 33.2 Å². The molecule has 0 fully saturated rings. The Labute approximate surface area is 188 Å². The number of benzene rings is 2. The SMILES string of the molecule is COc1cc(/C=N/Nc2nc3nonc3nc2NNc2ccc(C)cc2)cc(OC)c1OC. The van der Waals surface area contributed by atoms with Crippen molar-refractivity contribution in [3.05, 3.63) is 47.5 Å². The van der Waals surface area contributed by atoms with Crippen LogP contribution in [0.3, 0.4) is 0 Å². The average Bonchev–Trinajstić information content (AvgIpc) is 3.30. The maximum absolute atomic E-state index is 5.37. The van der Waals surface area contributed by atoms with Crippen LogP contribution < -0.4 is 30.5 Å². The van der Waals surface area contributed by atoms with Crippen LogP contribution in [0.15, 0.2) is 46.1 Å². The zero-order valence-electron chi connectivity index (χ0n) is 18.4. The lowest BCUT2D eigenvalue weighted by molar-refractivity contribution is 0.314. The molecular weight excluding hydrogens is 428 g/mol. The second-order valence-electron chi connectivity index (χ2n) is 6.78. The zero-order chi connectivity index (χ0) is 23.2. The molecule has 0 saturated carbocycles. The molecule has 4 rings (SSSR count). The van der Waals surface area contributed by atoms with E-state index in [2.05, 4.69) is 41.7 Å². The molecule has 3 N–H and O–H groups in total. The van der Waals surface area contributed by atoms with Gasteiger partial charge in [-0.05, 0) is 41.5 Å². The number of aryl methyl sites for hydroxylation is 1. The summed E-state index contributed by atoms with van der Waals surface area (Å²) in [6, 6.07) is 11.4. The molecule has 2 heterocycles. The Hall–Kier alpha value is -4.61. The highest BCUT2D eigenvalue weighted by Gasteiger charge is 2.14. The van der Waals surface area contributed by atoms with E-state index in [0.29, 0.717) is 34.4 Å². The Morgan fingerprint density at radius 1 is 0.848 bits per heavy atom. The van der Waals surface area contributed by atoms with Gasteiger partial charge in [0.1, 0.15) is 0 Å². The molecule has 33 heavy (non-hydrogen) atoms. The van der Waals surface area contributed by atoms with E-state index in [4.69, 9.17) is 18.8 Å². The highest BCUT2D eigenvalue weighted by Crippen LogP contribution is 2.37. The van der Waals surface area contributed by atoms with Crippen LogP contribution in [0.5, 0.6) is 17.2 Å². The first-order valence-corrected chi connectivity index (χ1v) is 9.79. The van der Waals surface area contributed by atoms with Crippen LogP contribution in [0, 0.1) is 6.92 Å². The molecule has 0 spiro atoms. The van der Waals surface area contributed by atoms with Crippen molar-refractivity contribution < 1.29 is 18.8 Å². The number of fused-ring (bicyclic) bond motifs is 1. The van der Waals surface area contributed by atoms with E-state index in [9.17, 15) is 0 Å². The van der Waals surface area contributed by atoms with Gasteiger partial charge in [-0.3, -0.25) is 16.3 Å². The molecule has 0 atom stereocenters. The number of ether oxygens (including phenoxy) is 3. The van der Waals surface area contributed by atoms with Crippen LogP contribution in [-0.4, -0.2) is 47.8 Å². The number of anilines is 3. The Morgan fingerprint density at radius 2 is 1.48 bits per heavy atom. The van der Waals surface area contributed by atoms with Gasteiger partial charge in [0, 0.05) is 5.56 Å². The molecule has 170 valence electrons. The monoisotopic (exact) mass is 450 g/mol. The van der Waals surface area contributed by atoms with Crippen LogP contribution in [0.25, 0.3) is 11.3 Å². The van der Waals surface area contributed by atoms with Crippen molar-refractivity contribution in [2.75, 3.05) is 37.6 Å². The zero-order valence-corrected chi connectivity index (χ0v) is 18.4. The van der Waals surface area contributed by atoms with E-state index in [1.165, 1.54) is 0 Å². The number of hydrazone groups is 1. The summed E-state index contributed by atoms with van der Waals surface area (Å²) in [5.74, 6) is 2.17. The Balaban J connectivity index is 1.57. The quantitative estimate of drug-likeness (QED) is 0.256. The van der Waals surface area contributed by atoms with Crippen molar-refractivity contribution in [3.63, 3.8) is 0 Å². The van der Waals surface area contributed by atoms with Gasteiger partial charge in [0.15, 0.2) is 23.1 Å². The summed E-state index contributed by atoms with van der Waals surface area (Å²) in [5, 5.41) is 11.7. The largest absolute Gasteiger partial charge is 0.493 e. The predicted octanol–water partition coefficient (Wildman–Crippen LogP) is 3.23. The van der Waals surface area contributed by atoms with Crippen molar-refractivity contribution in [2.45, 2.75) is 6.92 Å². The highest BCUT2D eigenvalue weighted by molar-refractivity contribution is 5.83. The fraction of sp³-hybridized carbons (Fsp3) is 0.190. The highest BCUT2D eigenvalue weighted by atomic mass is 16.6. The molecule has 2 aromatic heterocycles. The second kappa shape index (κ2) is 9.68. The number of rotatable bonds is 9. The fourth-order valence-corrected chi connectivity index (χ4v) is 2.92. The molecule has 12 heteroatoms. The number of hydrogen-bond acceptors (Lipinski definition) is 12. The van der Waals surface area contributed by atoms with Crippen LogP contribution in [-0.2, 0) is 0 Å². The van der Waals surface area contributed by atoms with Crippen molar-refractivity contribution in [1.29, 1.82) is 0 Å². The number of hydrogen-bond donors (Lipinski definition) is 3. The molecule has 0 aliphatic rings. The van der Waals surface area contributed by atoms with Crippen molar-refractivity contribution in [3.8, 4) is 17.2 Å². The van der Waals surface area contributed by atoms with E-state index < -0.39 is 0 Å². The third kappa shape index (κ3) is 4.84. The molecule has 0 saturated heterocycles. The van der Waals surface area contributed by atoms with Gasteiger partial charge in [-0.25, -0.2) is 4.63 Å². The first-order valence-electron chi connectivity index (χ1n) is 9.79. The first-order chi connectivity index (χ1) is 16.1. The summed E-state index contributed by atoms with van der Waals surface area (Å²) < 4.78 is 20.8. The van der Waals surface area contributed by atoms with E-state index in [-0.39, 0.29) is 11.3 Å². The van der Waals surface area contributed by atoms with Crippen LogP contribution in [0.1, 0.15) is 11.1 Å². The first kappa shape index (κ1) is 21.6. The number of nitrogens with one attached hydrogen (secondary N) is 3. The molecule has 0 bridgehead atoms. The minimum absolute atomic E-state index is 0.237. The van der Waals surface area contributed by atoms with Crippen LogP contribution in [0.4, 0.5) is 17.3 Å². The number of nitrogens with zero attached hydrogens (tertiary/aromatic N) is 5. The van der Waals surface area contributed by atoms with Gasteiger partial charge in [-0.15, -0.1) is 0 Å². The smallest absolute Gasteiger partial charge is 0.245 e. The molecule has 2 aromatic carbocycles. The summed E-state index contributed by atoms with van der Waals surface area (Å²) in [7, 11) is 4.64. The van der Waals surface area contributed by atoms with E-state index in [1.54, 1.807) is 39.7 Å². The fourth-order valence-electron chi connectivity index (χ4n) is 2.92. The Kier molecular flexibility index (Phi) is 6.34. The lowest BCUT2D eigenvalue weighted by atomic mass is 10.2. The predicted molar refractivity (Wildman–Crippen MR) is 123 cm³/mol. The lowest BCUT2D eigenvalue weighted by Crippen LogP contribution is -2.13. The Morgan fingerprint density at radius 3 is 2.09 bits per heavy atom. The lowest BCUT2D eigenvalue weighted by Gasteiger charge is -2.13. The van der Waals surface area contributed by atoms with Gasteiger partial charge in [-0.1, -0.05) is 17.7 Å². The second-order valence-corrected chi connectivity index (χ2v) is 6.78. The number of hydrazine groups is 1. The van der Waals surface area contributed by atoms with Crippen LogP contribution >= 0.6 is 0 Å². The minimum atomic E-state index is 0.237. The van der Waals surface area contributed by atoms with Crippen LogP contribution in [0.2, 0.25) is 0 Å². The summed E-state index contributed by atoms with van der Waals surface area (Å²) in [6.07, 6.45) is 1.58. The molecule has 0 radical (unpaired) electrons. The van der Waals surface area contributed by atoms with Gasteiger partial charge in [0.25, 0.3) is 0 Å². The number of aromatic nitrogens is 4. The number of methoxy groups -OCH3 is 3. The van der Waals surface area contributed by atoms with E-state index in [0.717, 1.165) is 11.3 Å². The van der Waals surface area contributed by atoms with E-state index >= 15 is 0 Å². The third-order valence-corrected chi connectivity index (χ3v) is 4.56. The minimum Gasteiger partial charge on any atom is -0.493 e. The molecule has 12 nitrogen and oxygen atoms in total. The third-order valence-electron chi connectivity index (χ3n) is 4.56. The van der Waals surface area contributed by atoms with Crippen molar-refractivity contribution >= 4 is 34.8 Å². The van der Waals surface area contributed by atoms with Gasteiger partial charge < -0.3 is 14.2 Å². The average molecular weight is 450 g/mol. The molecule has 0 aliphatic carbocycles. The topological polar surface area (TPSA) is 141 Å². The summed E-state index contributed by atoms with van der Waals surface area (Å²) in [5.41, 5.74) is 12.1. The molecule has 4 aromatic rings. The molecule has 0 unspecified atom stereocenters. The maximum atomic E-state index is 5.37. The summed E-state index contributed by atoms with van der Waals surface area (Å²) in [4.78, 5) is 8.74. The van der Waals surface area contributed by atoms with Gasteiger partial charge in [-0.2, -0.15) is 15.1 Å². The normalized spacial score (nSPS) is 10.9. The van der Waals surface area contributed by atoms with E-state index in [1.807, 2.05) is 31.2 Å².